The first kappa shape index (κ1) is 22.5. The molecule has 0 unspecified atom stereocenters. The van der Waals surface area contributed by atoms with Gasteiger partial charge in [0.15, 0.2) is 0 Å². The molecule has 0 N–H and O–H groups in total. The highest BCUT2D eigenvalue weighted by Gasteiger charge is 2.19. The molecule has 0 saturated carbocycles. The van der Waals surface area contributed by atoms with Crippen LogP contribution in [0.3, 0.4) is 0 Å². The third-order valence-corrected chi connectivity index (χ3v) is 8.64. The Labute approximate surface area is 236 Å². The van der Waals surface area contributed by atoms with Gasteiger partial charge in [-0.2, -0.15) is 0 Å². The van der Waals surface area contributed by atoms with E-state index in [1.807, 2.05) is 0 Å². The monoisotopic (exact) mass is 526 g/mol. The zero-order chi connectivity index (χ0) is 27.2. The van der Waals surface area contributed by atoms with Gasteiger partial charge >= 0.3 is 0 Å². The molecule has 0 aliphatic heterocycles. The van der Waals surface area contributed by atoms with E-state index in [2.05, 4.69) is 144 Å². The Bertz CT molecular complexity index is 2290. The summed E-state index contributed by atoms with van der Waals surface area (Å²) in [6.45, 7) is 4.26. The summed E-state index contributed by atoms with van der Waals surface area (Å²) in [6.07, 6.45) is 0. The third-order valence-electron chi connectivity index (χ3n) is 8.64. The van der Waals surface area contributed by atoms with E-state index in [-0.39, 0.29) is 0 Å². The highest BCUT2D eigenvalue weighted by molar-refractivity contribution is 6.20. The summed E-state index contributed by atoms with van der Waals surface area (Å²) in [7, 11) is 0. The third kappa shape index (κ3) is 3.14. The van der Waals surface area contributed by atoms with E-state index in [1.54, 1.807) is 0 Å². The number of nitrogens with zero attached hydrogens (tertiary/aromatic N) is 2. The number of fused-ring (bicyclic) bond motifs is 9. The first-order valence-corrected chi connectivity index (χ1v) is 14.1. The lowest BCUT2D eigenvalue weighted by molar-refractivity contribution is 0.670. The van der Waals surface area contributed by atoms with Gasteiger partial charge in [-0.05, 0) is 74.5 Å². The molecule has 0 fully saturated rings. The molecule has 0 bridgehead atoms. The van der Waals surface area contributed by atoms with E-state index in [0.717, 1.165) is 33.3 Å². The Morgan fingerprint density at radius 3 is 1.24 bits per heavy atom. The molecular formula is C38H26N2O. The van der Waals surface area contributed by atoms with Crippen LogP contribution in [0.5, 0.6) is 0 Å². The predicted molar refractivity (Wildman–Crippen MR) is 172 cm³/mol. The van der Waals surface area contributed by atoms with Crippen molar-refractivity contribution in [2.75, 3.05) is 0 Å². The normalized spacial score (nSPS) is 12.1. The second-order valence-electron chi connectivity index (χ2n) is 11.2. The minimum atomic E-state index is 0.915. The number of aromatic nitrogens is 2. The van der Waals surface area contributed by atoms with Crippen molar-refractivity contribution in [3.05, 3.63) is 132 Å². The van der Waals surface area contributed by atoms with Gasteiger partial charge in [0.1, 0.15) is 11.2 Å². The van der Waals surface area contributed by atoms with Crippen LogP contribution in [0.1, 0.15) is 11.1 Å². The van der Waals surface area contributed by atoms with Crippen LogP contribution >= 0.6 is 0 Å². The summed E-state index contributed by atoms with van der Waals surface area (Å²) in [5.74, 6) is 0. The van der Waals surface area contributed by atoms with Crippen molar-refractivity contribution in [2.24, 2.45) is 0 Å². The molecule has 9 rings (SSSR count). The molecule has 0 atom stereocenters. The Balaban J connectivity index is 1.40. The van der Waals surface area contributed by atoms with Crippen LogP contribution in [-0.4, -0.2) is 9.13 Å². The molecule has 3 heterocycles. The van der Waals surface area contributed by atoms with Crippen LogP contribution < -0.4 is 0 Å². The smallest absolute Gasteiger partial charge is 0.136 e. The number of hydrogen-bond acceptors (Lipinski definition) is 1. The summed E-state index contributed by atoms with van der Waals surface area (Å²) in [6, 6.07) is 44.0. The molecule has 0 radical (unpaired) electrons. The highest BCUT2D eigenvalue weighted by atomic mass is 16.3. The van der Waals surface area contributed by atoms with Gasteiger partial charge in [-0.25, -0.2) is 0 Å². The van der Waals surface area contributed by atoms with Crippen LogP contribution in [0.15, 0.2) is 126 Å². The van der Waals surface area contributed by atoms with Gasteiger partial charge in [0, 0.05) is 43.7 Å². The molecule has 3 nitrogen and oxygen atoms in total. The SMILES string of the molecule is Cc1ccc(-n2c3ccccc3c3cc4oc5cc6c7ccccc7n(-c7ccc(C)cc7)c6cc5c4cc32)cc1. The van der Waals surface area contributed by atoms with E-state index >= 15 is 0 Å². The summed E-state index contributed by atoms with van der Waals surface area (Å²) in [5.41, 5.74) is 11.4. The second-order valence-corrected chi connectivity index (χ2v) is 11.2. The largest absolute Gasteiger partial charge is 0.456 e. The van der Waals surface area contributed by atoms with E-state index in [4.69, 9.17) is 4.42 Å². The minimum Gasteiger partial charge on any atom is -0.456 e. The lowest BCUT2D eigenvalue weighted by atomic mass is 10.1. The maximum Gasteiger partial charge on any atom is 0.136 e. The molecule has 3 aromatic heterocycles. The van der Waals surface area contributed by atoms with Gasteiger partial charge in [0.2, 0.25) is 0 Å². The Kier molecular flexibility index (Phi) is 4.46. The zero-order valence-corrected chi connectivity index (χ0v) is 22.8. The average Bonchev–Trinajstić information content (AvgIpc) is 3.63. The van der Waals surface area contributed by atoms with E-state index in [0.29, 0.717) is 0 Å². The topological polar surface area (TPSA) is 23.0 Å². The van der Waals surface area contributed by atoms with Crippen molar-refractivity contribution in [1.82, 2.24) is 9.13 Å². The molecule has 0 amide bonds. The van der Waals surface area contributed by atoms with Gasteiger partial charge in [-0.3, -0.25) is 0 Å². The second kappa shape index (κ2) is 8.12. The fraction of sp³-hybridized carbons (Fsp3) is 0.0526. The van der Waals surface area contributed by atoms with Gasteiger partial charge < -0.3 is 13.6 Å². The lowest BCUT2D eigenvalue weighted by Crippen LogP contribution is -1.93. The van der Waals surface area contributed by atoms with Crippen LogP contribution in [0.2, 0.25) is 0 Å². The minimum absolute atomic E-state index is 0.915. The predicted octanol–water partition coefficient (Wildman–Crippen LogP) is 10.4. The molecule has 0 saturated heterocycles. The average molecular weight is 527 g/mol. The first-order valence-electron chi connectivity index (χ1n) is 14.1. The first-order chi connectivity index (χ1) is 20.1. The van der Waals surface area contributed by atoms with Crippen molar-refractivity contribution >= 4 is 65.6 Å². The Morgan fingerprint density at radius 1 is 0.390 bits per heavy atom. The molecule has 9 aromatic rings. The fourth-order valence-corrected chi connectivity index (χ4v) is 6.64. The molecule has 0 spiro atoms. The van der Waals surface area contributed by atoms with E-state index in [1.165, 1.54) is 54.7 Å². The molecule has 6 aromatic carbocycles. The Morgan fingerprint density at radius 2 is 0.805 bits per heavy atom. The van der Waals surface area contributed by atoms with Gasteiger partial charge in [0.25, 0.3) is 0 Å². The molecule has 0 aliphatic rings. The standard InChI is InChI=1S/C38H26N2O/c1-23-11-15-25(16-12-23)39-33-9-5-3-7-27(33)29-21-37-31(19-35(29)39)32-20-36-30(22-38(32)41-37)28-8-4-6-10-34(28)40(36)26-17-13-24(2)14-18-26/h3-22H,1-2H3. The molecule has 194 valence electrons. The number of hydrogen-bond donors (Lipinski definition) is 0. The van der Waals surface area contributed by atoms with E-state index in [9.17, 15) is 0 Å². The van der Waals surface area contributed by atoms with Crippen molar-refractivity contribution in [2.45, 2.75) is 13.8 Å². The number of aryl methyl sites for hydroxylation is 2. The van der Waals surface area contributed by atoms with Crippen molar-refractivity contribution in [3.63, 3.8) is 0 Å². The summed E-state index contributed by atoms with van der Waals surface area (Å²) < 4.78 is 11.4. The molecule has 0 aliphatic carbocycles. The maximum atomic E-state index is 6.61. The molecular weight excluding hydrogens is 500 g/mol. The number of rotatable bonds is 2. The van der Waals surface area contributed by atoms with E-state index < -0.39 is 0 Å². The Hall–Kier alpha value is -5.28. The summed E-state index contributed by atoms with van der Waals surface area (Å²) in [5, 5.41) is 7.12. The maximum absolute atomic E-state index is 6.61. The van der Waals surface area contributed by atoms with Crippen molar-refractivity contribution < 1.29 is 4.42 Å². The quantitative estimate of drug-likeness (QED) is 0.220. The summed E-state index contributed by atoms with van der Waals surface area (Å²) >= 11 is 0. The highest BCUT2D eigenvalue weighted by Crippen LogP contribution is 2.41. The van der Waals surface area contributed by atoms with Crippen molar-refractivity contribution in [3.8, 4) is 11.4 Å². The molecule has 3 heteroatoms. The van der Waals surface area contributed by atoms with Gasteiger partial charge in [-0.15, -0.1) is 0 Å². The fourth-order valence-electron chi connectivity index (χ4n) is 6.64. The van der Waals surface area contributed by atoms with Crippen LogP contribution in [0, 0.1) is 13.8 Å². The van der Waals surface area contributed by atoms with Gasteiger partial charge in [0.05, 0.1) is 22.1 Å². The zero-order valence-electron chi connectivity index (χ0n) is 22.8. The molecule has 41 heavy (non-hydrogen) atoms. The number of furan rings is 1. The summed E-state index contributed by atoms with van der Waals surface area (Å²) in [4.78, 5) is 0. The van der Waals surface area contributed by atoms with Crippen LogP contribution in [0.4, 0.5) is 0 Å². The number of para-hydroxylation sites is 2. The van der Waals surface area contributed by atoms with Gasteiger partial charge in [-0.1, -0.05) is 71.8 Å². The lowest BCUT2D eigenvalue weighted by Gasteiger charge is -2.08. The van der Waals surface area contributed by atoms with Crippen molar-refractivity contribution in [1.29, 1.82) is 0 Å². The van der Waals surface area contributed by atoms with Crippen LogP contribution in [0.25, 0.3) is 76.9 Å². The number of benzene rings is 6. The van der Waals surface area contributed by atoms with Crippen LogP contribution in [-0.2, 0) is 0 Å².